The van der Waals surface area contributed by atoms with Crippen LogP contribution >= 0.6 is 0 Å². The van der Waals surface area contributed by atoms with Crippen molar-refractivity contribution in [3.8, 4) is 5.75 Å². The molecule has 2 heterocycles. The number of aromatic amines is 1. The molecule has 0 saturated carbocycles. The fraction of sp³-hybridized carbons (Fsp3) is 0.348. The molecule has 4 rings (SSSR count). The second kappa shape index (κ2) is 8.93. The molecular formula is C23H27N3O5S. The van der Waals surface area contributed by atoms with Crippen LogP contribution in [0.3, 0.4) is 0 Å². The van der Waals surface area contributed by atoms with Crippen molar-refractivity contribution < 1.29 is 22.7 Å². The summed E-state index contributed by atoms with van der Waals surface area (Å²) in [6.45, 7) is 5.21. The van der Waals surface area contributed by atoms with Crippen LogP contribution < -0.4 is 10.1 Å². The number of nitrogens with zero attached hydrogens (tertiary/aromatic N) is 1. The summed E-state index contributed by atoms with van der Waals surface area (Å²) in [7, 11) is -2.36. The number of carbonyl (C=O) groups excluding carboxylic acids is 1. The molecule has 0 aliphatic carbocycles. The van der Waals surface area contributed by atoms with Crippen molar-refractivity contribution in [2.75, 3.05) is 38.7 Å². The molecule has 3 aromatic rings. The molecule has 1 amide bonds. The molecule has 0 radical (unpaired) electrons. The Balaban J connectivity index is 1.59. The van der Waals surface area contributed by atoms with Crippen molar-refractivity contribution in [2.45, 2.75) is 25.2 Å². The predicted molar refractivity (Wildman–Crippen MR) is 123 cm³/mol. The van der Waals surface area contributed by atoms with E-state index in [1.54, 1.807) is 12.1 Å². The molecule has 1 fully saturated rings. The molecule has 1 saturated heterocycles. The molecule has 1 aliphatic rings. The number of benzene rings is 2. The largest absolute Gasteiger partial charge is 0.495 e. The van der Waals surface area contributed by atoms with Gasteiger partial charge in [-0.25, -0.2) is 8.42 Å². The number of anilines is 1. The average Bonchev–Trinajstić information content (AvgIpc) is 3.08. The zero-order valence-corrected chi connectivity index (χ0v) is 19.2. The lowest BCUT2D eigenvalue weighted by atomic mass is 10.1. The van der Waals surface area contributed by atoms with Crippen molar-refractivity contribution in [1.82, 2.24) is 9.29 Å². The molecule has 32 heavy (non-hydrogen) atoms. The summed E-state index contributed by atoms with van der Waals surface area (Å²) in [5.41, 5.74) is 4.36. The third-order valence-electron chi connectivity index (χ3n) is 5.65. The Hall–Kier alpha value is -2.88. The number of sulfonamides is 1. The van der Waals surface area contributed by atoms with E-state index in [2.05, 4.69) is 16.4 Å². The van der Waals surface area contributed by atoms with E-state index in [9.17, 15) is 13.2 Å². The highest BCUT2D eigenvalue weighted by Gasteiger charge is 2.29. The second-order valence-electron chi connectivity index (χ2n) is 7.88. The summed E-state index contributed by atoms with van der Waals surface area (Å²) in [5.74, 6) is 0.00725. The molecule has 2 N–H and O–H groups in total. The molecular weight excluding hydrogens is 430 g/mol. The van der Waals surface area contributed by atoms with E-state index >= 15 is 0 Å². The highest BCUT2D eigenvalue weighted by atomic mass is 32.2. The standard InChI is InChI=1S/C23H27N3O5S/c1-15-4-6-20-19(12-15)18(16(2)24-20)14-23(27)25-17-5-7-21(30-3)22(13-17)32(28,29)26-8-10-31-11-9-26/h4-7,12-13,24H,8-11,14H2,1-3H3,(H,25,27). The summed E-state index contributed by atoms with van der Waals surface area (Å²) in [6, 6.07) is 10.7. The average molecular weight is 458 g/mol. The number of morpholine rings is 1. The molecule has 0 spiro atoms. The number of H-pyrrole nitrogens is 1. The zero-order chi connectivity index (χ0) is 22.9. The van der Waals surface area contributed by atoms with E-state index in [0.717, 1.165) is 27.7 Å². The maximum atomic E-state index is 13.2. The lowest BCUT2D eigenvalue weighted by molar-refractivity contribution is -0.115. The molecule has 9 heteroatoms. The lowest BCUT2D eigenvalue weighted by Crippen LogP contribution is -2.40. The van der Waals surface area contributed by atoms with Crippen molar-refractivity contribution in [3.05, 3.63) is 53.2 Å². The van der Waals surface area contributed by atoms with Gasteiger partial charge in [-0.05, 0) is 49.7 Å². The maximum Gasteiger partial charge on any atom is 0.246 e. The van der Waals surface area contributed by atoms with E-state index in [1.165, 1.54) is 17.5 Å². The number of fused-ring (bicyclic) bond motifs is 1. The molecule has 2 aromatic carbocycles. The monoisotopic (exact) mass is 457 g/mol. The Kier molecular flexibility index (Phi) is 6.23. The summed E-state index contributed by atoms with van der Waals surface area (Å²) in [4.78, 5) is 16.2. The summed E-state index contributed by atoms with van der Waals surface area (Å²) in [6.07, 6.45) is 0.173. The number of aromatic nitrogens is 1. The minimum Gasteiger partial charge on any atom is -0.495 e. The van der Waals surface area contributed by atoms with Crippen LogP contribution in [0, 0.1) is 13.8 Å². The third-order valence-corrected chi connectivity index (χ3v) is 7.57. The number of ether oxygens (including phenoxy) is 2. The fourth-order valence-electron chi connectivity index (χ4n) is 3.97. The maximum absolute atomic E-state index is 13.2. The van der Waals surface area contributed by atoms with Gasteiger partial charge in [0.15, 0.2) is 0 Å². The molecule has 0 bridgehead atoms. The van der Waals surface area contributed by atoms with E-state index in [1.807, 2.05) is 26.0 Å². The van der Waals surface area contributed by atoms with Gasteiger partial charge in [-0.3, -0.25) is 4.79 Å². The van der Waals surface area contributed by atoms with Crippen LogP contribution in [0.4, 0.5) is 5.69 Å². The van der Waals surface area contributed by atoms with Crippen LogP contribution in [-0.4, -0.2) is 57.0 Å². The quantitative estimate of drug-likeness (QED) is 0.593. The van der Waals surface area contributed by atoms with Gasteiger partial charge in [-0.15, -0.1) is 0 Å². The van der Waals surface area contributed by atoms with Gasteiger partial charge in [0.1, 0.15) is 10.6 Å². The van der Waals surface area contributed by atoms with E-state index in [-0.39, 0.29) is 36.1 Å². The number of hydrogen-bond acceptors (Lipinski definition) is 5. The Labute approximate surface area is 187 Å². The second-order valence-corrected chi connectivity index (χ2v) is 9.79. The molecule has 0 atom stereocenters. The topological polar surface area (TPSA) is 101 Å². The summed E-state index contributed by atoms with van der Waals surface area (Å²) in [5, 5.41) is 3.85. The van der Waals surface area contributed by atoms with Crippen LogP contribution in [0.1, 0.15) is 16.8 Å². The zero-order valence-electron chi connectivity index (χ0n) is 18.4. The Morgan fingerprint density at radius 2 is 1.91 bits per heavy atom. The van der Waals surface area contributed by atoms with Gasteiger partial charge in [0.25, 0.3) is 0 Å². The van der Waals surface area contributed by atoms with Crippen molar-refractivity contribution in [2.24, 2.45) is 0 Å². The van der Waals surface area contributed by atoms with Gasteiger partial charge < -0.3 is 19.8 Å². The minimum absolute atomic E-state index is 0.0265. The number of nitrogens with one attached hydrogen (secondary N) is 2. The van der Waals surface area contributed by atoms with Gasteiger partial charge in [-0.2, -0.15) is 4.31 Å². The molecule has 1 aliphatic heterocycles. The number of amides is 1. The SMILES string of the molecule is COc1ccc(NC(=O)Cc2c(C)[nH]c3ccc(C)cc23)cc1S(=O)(=O)N1CCOCC1. The normalized spacial score (nSPS) is 15.1. The van der Waals surface area contributed by atoms with Gasteiger partial charge in [0.2, 0.25) is 15.9 Å². The first kappa shape index (κ1) is 22.3. The molecule has 1 aromatic heterocycles. The Bertz CT molecular complexity index is 1260. The van der Waals surface area contributed by atoms with Gasteiger partial charge in [-0.1, -0.05) is 11.6 Å². The molecule has 8 nitrogen and oxygen atoms in total. The van der Waals surface area contributed by atoms with Gasteiger partial charge >= 0.3 is 0 Å². The molecule has 0 unspecified atom stereocenters. The Morgan fingerprint density at radius 1 is 1.16 bits per heavy atom. The highest BCUT2D eigenvalue weighted by Crippen LogP contribution is 2.30. The van der Waals surface area contributed by atoms with E-state index in [4.69, 9.17) is 9.47 Å². The smallest absolute Gasteiger partial charge is 0.246 e. The number of hydrogen-bond donors (Lipinski definition) is 2. The minimum atomic E-state index is -3.78. The van der Waals surface area contributed by atoms with Gasteiger partial charge in [0, 0.05) is 35.4 Å². The first-order valence-corrected chi connectivity index (χ1v) is 11.9. The number of aryl methyl sites for hydroxylation is 2. The highest BCUT2D eigenvalue weighted by molar-refractivity contribution is 7.89. The van der Waals surface area contributed by atoms with Crippen molar-refractivity contribution in [3.63, 3.8) is 0 Å². The number of rotatable bonds is 6. The van der Waals surface area contributed by atoms with Crippen LogP contribution in [0.15, 0.2) is 41.3 Å². The number of carbonyl (C=O) groups is 1. The fourth-order valence-corrected chi connectivity index (χ4v) is 5.56. The first-order valence-electron chi connectivity index (χ1n) is 10.4. The summed E-state index contributed by atoms with van der Waals surface area (Å²) < 4.78 is 38.2. The molecule has 170 valence electrons. The predicted octanol–water partition coefficient (Wildman–Crippen LogP) is 3.00. The van der Waals surface area contributed by atoms with Gasteiger partial charge in [0.05, 0.1) is 26.7 Å². The third kappa shape index (κ3) is 4.36. The van der Waals surface area contributed by atoms with Crippen LogP contribution in [0.5, 0.6) is 5.75 Å². The Morgan fingerprint density at radius 3 is 2.62 bits per heavy atom. The first-order chi connectivity index (χ1) is 15.3. The van der Waals surface area contributed by atoms with Crippen LogP contribution in [0.25, 0.3) is 10.9 Å². The van der Waals surface area contributed by atoms with E-state index in [0.29, 0.717) is 18.9 Å². The number of methoxy groups -OCH3 is 1. The van der Waals surface area contributed by atoms with E-state index < -0.39 is 10.0 Å². The van der Waals surface area contributed by atoms with Crippen LogP contribution in [0.2, 0.25) is 0 Å². The van der Waals surface area contributed by atoms with Crippen LogP contribution in [-0.2, 0) is 26.0 Å². The summed E-state index contributed by atoms with van der Waals surface area (Å²) >= 11 is 0. The lowest BCUT2D eigenvalue weighted by Gasteiger charge is -2.26. The van der Waals surface area contributed by atoms with Crippen molar-refractivity contribution in [1.29, 1.82) is 0 Å². The van der Waals surface area contributed by atoms with Crippen molar-refractivity contribution >= 4 is 32.5 Å².